The van der Waals surface area contributed by atoms with E-state index in [2.05, 4.69) is 10.2 Å². The van der Waals surface area contributed by atoms with Gasteiger partial charge in [0.25, 0.3) is 0 Å². The first-order valence-corrected chi connectivity index (χ1v) is 11.4. The number of carbonyl (C=O) groups excluding carboxylic acids is 1. The molecule has 33 heavy (non-hydrogen) atoms. The number of aromatic nitrogens is 3. The minimum Gasteiger partial charge on any atom is -0.485 e. The monoisotopic (exact) mass is 459 g/mol. The molecule has 1 aliphatic rings. The number of fused-ring (bicyclic) bond motifs is 1. The normalized spacial score (nSPS) is 14.6. The molecule has 1 atom stereocenters. The first kappa shape index (κ1) is 21.1. The number of thioether (sulfide) groups is 1. The summed E-state index contributed by atoms with van der Waals surface area (Å²) >= 11 is 1.56. The lowest BCUT2D eigenvalue weighted by Crippen LogP contribution is -2.24. The van der Waals surface area contributed by atoms with Crippen LogP contribution in [-0.2, 0) is 10.5 Å². The van der Waals surface area contributed by atoms with Crippen LogP contribution in [0, 0.1) is 0 Å². The molecule has 166 valence electrons. The third-order valence-electron chi connectivity index (χ3n) is 5.21. The van der Waals surface area contributed by atoms with E-state index in [-0.39, 0.29) is 12.1 Å². The van der Waals surface area contributed by atoms with Crippen molar-refractivity contribution in [2.24, 2.45) is 0 Å². The standard InChI is InChI=1S/C25H21N3O4S/c1-30-24(29)18-13-11-17(12-14-18)16-33-25-27-26-23(28(25)19-7-3-2-4-8-19)22-15-31-20-9-5-6-10-21(20)32-22/h2-14,22H,15-16H2,1H3/t22-/m0/s1. The zero-order valence-electron chi connectivity index (χ0n) is 17.9. The average molecular weight is 460 g/mol. The number of benzene rings is 3. The lowest BCUT2D eigenvalue weighted by molar-refractivity contribution is 0.0600. The van der Waals surface area contributed by atoms with Crippen molar-refractivity contribution in [1.82, 2.24) is 14.8 Å². The summed E-state index contributed by atoms with van der Waals surface area (Å²) in [6.45, 7) is 0.349. The van der Waals surface area contributed by atoms with Crippen LogP contribution in [0.5, 0.6) is 11.5 Å². The largest absolute Gasteiger partial charge is 0.485 e. The summed E-state index contributed by atoms with van der Waals surface area (Å²) in [6.07, 6.45) is -0.388. The Morgan fingerprint density at radius 1 is 1.00 bits per heavy atom. The fraction of sp³-hybridized carbons (Fsp3) is 0.160. The molecule has 0 radical (unpaired) electrons. The second kappa shape index (κ2) is 9.38. The summed E-state index contributed by atoms with van der Waals surface area (Å²) in [7, 11) is 1.37. The number of para-hydroxylation sites is 3. The van der Waals surface area contributed by atoms with Crippen LogP contribution in [0.4, 0.5) is 0 Å². The van der Waals surface area contributed by atoms with Crippen molar-refractivity contribution in [3.8, 4) is 17.2 Å². The summed E-state index contributed by atoms with van der Waals surface area (Å²) in [5, 5.41) is 9.69. The summed E-state index contributed by atoms with van der Waals surface area (Å²) in [5.41, 5.74) is 2.53. The summed E-state index contributed by atoms with van der Waals surface area (Å²) in [5.74, 6) is 2.41. The van der Waals surface area contributed by atoms with E-state index in [0.717, 1.165) is 22.2 Å². The molecule has 0 spiro atoms. The van der Waals surface area contributed by atoms with Crippen LogP contribution < -0.4 is 9.47 Å². The molecule has 0 amide bonds. The van der Waals surface area contributed by atoms with E-state index in [0.29, 0.717) is 29.5 Å². The van der Waals surface area contributed by atoms with E-state index in [9.17, 15) is 4.79 Å². The molecule has 3 aromatic carbocycles. The highest BCUT2D eigenvalue weighted by Crippen LogP contribution is 2.37. The molecular formula is C25H21N3O4S. The number of ether oxygens (including phenoxy) is 3. The third kappa shape index (κ3) is 4.42. The number of methoxy groups -OCH3 is 1. The zero-order valence-corrected chi connectivity index (χ0v) is 18.7. The van der Waals surface area contributed by atoms with Gasteiger partial charge in [-0.1, -0.05) is 54.2 Å². The molecule has 0 N–H and O–H groups in total. The number of nitrogens with zero attached hydrogens (tertiary/aromatic N) is 3. The highest BCUT2D eigenvalue weighted by atomic mass is 32.2. The van der Waals surface area contributed by atoms with Crippen LogP contribution in [0.3, 0.4) is 0 Å². The van der Waals surface area contributed by atoms with Crippen molar-refractivity contribution in [3.63, 3.8) is 0 Å². The van der Waals surface area contributed by atoms with Crippen LogP contribution in [0.15, 0.2) is 84.0 Å². The fourth-order valence-corrected chi connectivity index (χ4v) is 4.47. The Morgan fingerprint density at radius 3 is 2.48 bits per heavy atom. The van der Waals surface area contributed by atoms with Crippen LogP contribution in [0.1, 0.15) is 27.8 Å². The van der Waals surface area contributed by atoms with Crippen LogP contribution in [0.25, 0.3) is 5.69 Å². The number of carbonyl (C=O) groups is 1. The second-order valence-electron chi connectivity index (χ2n) is 7.35. The number of rotatable bonds is 6. The van der Waals surface area contributed by atoms with Crippen LogP contribution >= 0.6 is 11.8 Å². The van der Waals surface area contributed by atoms with Gasteiger partial charge in [-0.2, -0.15) is 0 Å². The molecular weight excluding hydrogens is 438 g/mol. The molecule has 0 unspecified atom stereocenters. The smallest absolute Gasteiger partial charge is 0.337 e. The van der Waals surface area contributed by atoms with Crippen LogP contribution in [-0.4, -0.2) is 34.5 Å². The molecule has 0 fully saturated rings. The van der Waals surface area contributed by atoms with Gasteiger partial charge in [-0.25, -0.2) is 4.79 Å². The van der Waals surface area contributed by atoms with Gasteiger partial charge in [-0.15, -0.1) is 10.2 Å². The predicted molar refractivity (Wildman–Crippen MR) is 124 cm³/mol. The molecule has 2 heterocycles. The quantitative estimate of drug-likeness (QED) is 0.301. The molecule has 1 aliphatic heterocycles. The SMILES string of the molecule is COC(=O)c1ccc(CSc2nnc([C@@H]3COc4ccccc4O3)n2-c2ccccc2)cc1. The van der Waals surface area contributed by atoms with Gasteiger partial charge < -0.3 is 14.2 Å². The predicted octanol–water partition coefficient (Wildman–Crippen LogP) is 4.86. The van der Waals surface area contributed by atoms with E-state index in [1.54, 1.807) is 23.9 Å². The van der Waals surface area contributed by atoms with Gasteiger partial charge in [0.1, 0.15) is 6.61 Å². The summed E-state index contributed by atoms with van der Waals surface area (Å²) < 4.78 is 18.9. The zero-order chi connectivity index (χ0) is 22.6. The second-order valence-corrected chi connectivity index (χ2v) is 8.30. The molecule has 0 aliphatic carbocycles. The topological polar surface area (TPSA) is 75.5 Å². The maximum Gasteiger partial charge on any atom is 0.337 e. The van der Waals surface area contributed by atoms with Crippen molar-refractivity contribution in [2.75, 3.05) is 13.7 Å². The van der Waals surface area contributed by atoms with Gasteiger partial charge in [-0.3, -0.25) is 4.57 Å². The lowest BCUT2D eigenvalue weighted by atomic mass is 10.1. The lowest BCUT2D eigenvalue weighted by Gasteiger charge is -2.26. The number of hydrogen-bond acceptors (Lipinski definition) is 7. The minimum atomic E-state index is -0.388. The molecule has 5 rings (SSSR count). The molecule has 1 aromatic heterocycles. The van der Waals surface area contributed by atoms with E-state index < -0.39 is 0 Å². The molecule has 0 bridgehead atoms. The Morgan fingerprint density at radius 2 is 1.73 bits per heavy atom. The van der Waals surface area contributed by atoms with Crippen LogP contribution in [0.2, 0.25) is 0 Å². The van der Waals surface area contributed by atoms with Crippen molar-refractivity contribution in [3.05, 3.63) is 95.8 Å². The molecule has 0 saturated carbocycles. The molecule has 0 saturated heterocycles. The number of esters is 1. The highest BCUT2D eigenvalue weighted by molar-refractivity contribution is 7.98. The molecule has 4 aromatic rings. The first-order valence-electron chi connectivity index (χ1n) is 10.4. The Balaban J connectivity index is 1.41. The first-order chi connectivity index (χ1) is 16.2. The van der Waals surface area contributed by atoms with E-state index in [1.165, 1.54) is 7.11 Å². The van der Waals surface area contributed by atoms with Crippen molar-refractivity contribution in [2.45, 2.75) is 17.0 Å². The van der Waals surface area contributed by atoms with Gasteiger partial charge in [0, 0.05) is 11.4 Å². The van der Waals surface area contributed by atoms with Gasteiger partial charge in [0.05, 0.1) is 12.7 Å². The Labute approximate surface area is 195 Å². The minimum absolute atomic E-state index is 0.348. The van der Waals surface area contributed by atoms with Gasteiger partial charge in [0.15, 0.2) is 28.6 Å². The van der Waals surface area contributed by atoms with E-state index >= 15 is 0 Å². The maximum absolute atomic E-state index is 11.7. The van der Waals surface area contributed by atoms with Crippen molar-refractivity contribution in [1.29, 1.82) is 0 Å². The summed E-state index contributed by atoms with van der Waals surface area (Å²) in [4.78, 5) is 11.7. The Kier molecular flexibility index (Phi) is 5.99. The van der Waals surface area contributed by atoms with E-state index in [1.807, 2.05) is 71.3 Å². The van der Waals surface area contributed by atoms with Crippen molar-refractivity contribution >= 4 is 17.7 Å². The number of hydrogen-bond donors (Lipinski definition) is 0. The van der Waals surface area contributed by atoms with Gasteiger partial charge in [-0.05, 0) is 42.0 Å². The summed E-state index contributed by atoms with van der Waals surface area (Å²) in [6, 6.07) is 24.9. The van der Waals surface area contributed by atoms with Gasteiger partial charge in [0.2, 0.25) is 0 Å². The Hall–Kier alpha value is -3.78. The molecule has 7 nitrogen and oxygen atoms in total. The van der Waals surface area contributed by atoms with Gasteiger partial charge >= 0.3 is 5.97 Å². The Bertz CT molecular complexity index is 1260. The third-order valence-corrected chi connectivity index (χ3v) is 6.21. The maximum atomic E-state index is 11.7. The van der Waals surface area contributed by atoms with Crippen molar-refractivity contribution < 1.29 is 19.0 Å². The van der Waals surface area contributed by atoms with E-state index in [4.69, 9.17) is 14.2 Å². The molecule has 8 heteroatoms. The average Bonchev–Trinajstić information content (AvgIpc) is 3.31. The fourth-order valence-electron chi connectivity index (χ4n) is 3.55. The highest BCUT2D eigenvalue weighted by Gasteiger charge is 2.29.